The Morgan fingerprint density at radius 2 is 1.57 bits per heavy atom. The molecule has 0 fully saturated rings. The van der Waals surface area contributed by atoms with E-state index in [4.69, 9.17) is 5.11 Å². The molecule has 0 radical (unpaired) electrons. The molecule has 1 N–H and O–H groups in total. The minimum atomic E-state index is -0.731. The van der Waals surface area contributed by atoms with Gasteiger partial charge in [-0.3, -0.25) is 9.59 Å². The second-order valence-electron chi connectivity index (χ2n) is 5.40. The third kappa shape index (κ3) is 6.43. The van der Waals surface area contributed by atoms with E-state index < -0.39 is 5.97 Å². The number of carbonyl (C=O) groups excluding carboxylic acids is 1. The number of carboxylic acid groups (broad SMARTS) is 1. The number of amides is 1. The molecule has 21 heavy (non-hydrogen) atoms. The predicted octanol–water partition coefficient (Wildman–Crippen LogP) is 3.77. The Bertz CT molecular complexity index is 471. The van der Waals surface area contributed by atoms with E-state index in [0.29, 0.717) is 6.42 Å². The van der Waals surface area contributed by atoms with Gasteiger partial charge in [0.15, 0.2) is 0 Å². The number of hydrogen-bond donors (Lipinski definition) is 1. The van der Waals surface area contributed by atoms with Crippen LogP contribution >= 0.6 is 0 Å². The Morgan fingerprint density at radius 3 is 2.19 bits per heavy atom. The first-order valence-electron chi connectivity index (χ1n) is 7.56. The molecule has 0 atom stereocenters. The van der Waals surface area contributed by atoms with Gasteiger partial charge in [-0.15, -0.1) is 0 Å². The molecule has 4 heteroatoms. The number of carbonyl (C=O) groups is 2. The number of aryl methyl sites for hydroxylation is 1. The average molecular weight is 291 g/mol. The van der Waals surface area contributed by atoms with Crippen molar-refractivity contribution >= 4 is 17.6 Å². The number of anilines is 1. The first-order valence-corrected chi connectivity index (χ1v) is 7.56. The van der Waals surface area contributed by atoms with Crippen LogP contribution in [-0.2, 0) is 9.59 Å². The van der Waals surface area contributed by atoms with Crippen LogP contribution < -0.4 is 4.90 Å². The van der Waals surface area contributed by atoms with Gasteiger partial charge in [-0.05, 0) is 31.4 Å². The van der Waals surface area contributed by atoms with Crippen LogP contribution in [0.15, 0.2) is 24.3 Å². The van der Waals surface area contributed by atoms with Gasteiger partial charge in [-0.2, -0.15) is 0 Å². The summed E-state index contributed by atoms with van der Waals surface area (Å²) in [6.45, 7) is 2.00. The van der Waals surface area contributed by atoms with Crippen LogP contribution in [-0.4, -0.2) is 24.0 Å². The van der Waals surface area contributed by atoms with Gasteiger partial charge in [0.2, 0.25) is 5.91 Å². The van der Waals surface area contributed by atoms with Crippen LogP contribution in [0.1, 0.15) is 50.5 Å². The van der Waals surface area contributed by atoms with E-state index in [1.54, 1.807) is 4.90 Å². The number of para-hydroxylation sites is 1. The minimum Gasteiger partial charge on any atom is -0.481 e. The summed E-state index contributed by atoms with van der Waals surface area (Å²) in [4.78, 5) is 24.2. The highest BCUT2D eigenvalue weighted by atomic mass is 16.4. The molecule has 0 aliphatic heterocycles. The first-order chi connectivity index (χ1) is 10.0. The quantitative estimate of drug-likeness (QED) is 0.704. The van der Waals surface area contributed by atoms with Gasteiger partial charge in [-0.25, -0.2) is 0 Å². The molecule has 0 heterocycles. The summed E-state index contributed by atoms with van der Waals surface area (Å²) in [5, 5.41) is 8.53. The van der Waals surface area contributed by atoms with Crippen molar-refractivity contribution in [2.75, 3.05) is 11.9 Å². The Hall–Kier alpha value is -1.84. The molecule has 0 spiro atoms. The summed E-state index contributed by atoms with van der Waals surface area (Å²) >= 11 is 0. The smallest absolute Gasteiger partial charge is 0.303 e. The van der Waals surface area contributed by atoms with E-state index in [1.807, 2.05) is 38.2 Å². The van der Waals surface area contributed by atoms with E-state index in [1.165, 1.54) is 0 Å². The number of aliphatic carboxylic acids is 1. The van der Waals surface area contributed by atoms with Gasteiger partial charge in [0, 0.05) is 25.6 Å². The lowest BCUT2D eigenvalue weighted by Crippen LogP contribution is -2.26. The molecule has 1 amide bonds. The van der Waals surface area contributed by atoms with Crippen molar-refractivity contribution in [3.8, 4) is 0 Å². The van der Waals surface area contributed by atoms with Crippen LogP contribution in [0.3, 0.4) is 0 Å². The molecule has 1 rings (SSSR count). The molecule has 0 aliphatic carbocycles. The summed E-state index contributed by atoms with van der Waals surface area (Å²) in [7, 11) is 1.82. The van der Waals surface area contributed by atoms with Crippen LogP contribution in [0.25, 0.3) is 0 Å². The highest BCUT2D eigenvalue weighted by molar-refractivity contribution is 5.93. The second kappa shape index (κ2) is 9.16. The fraction of sp³-hybridized carbons (Fsp3) is 0.529. The number of rotatable bonds is 9. The average Bonchev–Trinajstić information content (AvgIpc) is 2.45. The van der Waals surface area contributed by atoms with Crippen molar-refractivity contribution in [1.82, 2.24) is 0 Å². The van der Waals surface area contributed by atoms with E-state index in [9.17, 15) is 9.59 Å². The van der Waals surface area contributed by atoms with Crippen molar-refractivity contribution in [3.05, 3.63) is 29.8 Å². The lowest BCUT2D eigenvalue weighted by Gasteiger charge is -2.19. The Morgan fingerprint density at radius 1 is 1.00 bits per heavy atom. The molecular weight excluding hydrogens is 266 g/mol. The molecule has 0 bridgehead atoms. The summed E-state index contributed by atoms with van der Waals surface area (Å²) in [6.07, 6.45) is 5.28. The monoisotopic (exact) mass is 291 g/mol. The molecule has 0 aliphatic rings. The first kappa shape index (κ1) is 17.2. The molecular formula is C17H25NO3. The van der Waals surface area contributed by atoms with Crippen LogP contribution in [0.2, 0.25) is 0 Å². The Kier molecular flexibility index (Phi) is 7.51. The van der Waals surface area contributed by atoms with Crippen molar-refractivity contribution in [2.45, 2.75) is 51.9 Å². The largest absolute Gasteiger partial charge is 0.481 e. The molecule has 0 saturated heterocycles. The maximum absolute atomic E-state index is 12.1. The zero-order chi connectivity index (χ0) is 15.7. The summed E-state index contributed by atoms with van der Waals surface area (Å²) < 4.78 is 0. The van der Waals surface area contributed by atoms with E-state index >= 15 is 0 Å². The van der Waals surface area contributed by atoms with Gasteiger partial charge in [0.25, 0.3) is 0 Å². The van der Waals surface area contributed by atoms with E-state index in [0.717, 1.165) is 43.4 Å². The van der Waals surface area contributed by atoms with Crippen molar-refractivity contribution < 1.29 is 14.7 Å². The third-order valence-corrected chi connectivity index (χ3v) is 3.63. The summed E-state index contributed by atoms with van der Waals surface area (Å²) in [5.41, 5.74) is 2.06. The van der Waals surface area contributed by atoms with Gasteiger partial charge in [0.05, 0.1) is 0 Å². The maximum atomic E-state index is 12.1. The van der Waals surface area contributed by atoms with Gasteiger partial charge in [-0.1, -0.05) is 37.5 Å². The lowest BCUT2D eigenvalue weighted by atomic mass is 10.1. The fourth-order valence-corrected chi connectivity index (χ4v) is 2.32. The highest BCUT2D eigenvalue weighted by Gasteiger charge is 2.11. The van der Waals surface area contributed by atoms with Crippen LogP contribution in [0, 0.1) is 6.92 Å². The molecule has 0 unspecified atom stereocenters. The topological polar surface area (TPSA) is 57.6 Å². The number of benzene rings is 1. The number of unbranched alkanes of at least 4 members (excludes halogenated alkanes) is 4. The van der Waals surface area contributed by atoms with Crippen molar-refractivity contribution in [1.29, 1.82) is 0 Å². The van der Waals surface area contributed by atoms with Crippen molar-refractivity contribution in [2.24, 2.45) is 0 Å². The van der Waals surface area contributed by atoms with Crippen LogP contribution in [0.4, 0.5) is 5.69 Å². The zero-order valence-corrected chi connectivity index (χ0v) is 13.0. The van der Waals surface area contributed by atoms with Crippen molar-refractivity contribution in [3.63, 3.8) is 0 Å². The Labute approximate surface area is 126 Å². The molecule has 0 saturated carbocycles. The SMILES string of the molecule is Cc1ccccc1N(C)C(=O)CCCCCCCC(=O)O. The van der Waals surface area contributed by atoms with Crippen LogP contribution in [0.5, 0.6) is 0 Å². The third-order valence-electron chi connectivity index (χ3n) is 3.63. The lowest BCUT2D eigenvalue weighted by molar-refractivity contribution is -0.137. The maximum Gasteiger partial charge on any atom is 0.303 e. The number of carboxylic acids is 1. The molecule has 0 aromatic heterocycles. The standard InChI is InChI=1S/C17H25NO3/c1-14-10-8-9-11-15(14)18(2)16(19)12-6-4-3-5-7-13-17(20)21/h8-11H,3-7,12-13H2,1-2H3,(H,20,21). The highest BCUT2D eigenvalue weighted by Crippen LogP contribution is 2.19. The fourth-order valence-electron chi connectivity index (χ4n) is 2.32. The normalized spacial score (nSPS) is 10.4. The van der Waals surface area contributed by atoms with Gasteiger partial charge < -0.3 is 10.0 Å². The summed E-state index contributed by atoms with van der Waals surface area (Å²) in [6, 6.07) is 7.86. The molecule has 4 nitrogen and oxygen atoms in total. The molecule has 1 aromatic rings. The summed E-state index contributed by atoms with van der Waals surface area (Å²) in [5.74, 6) is -0.597. The minimum absolute atomic E-state index is 0.134. The second-order valence-corrected chi connectivity index (χ2v) is 5.40. The van der Waals surface area contributed by atoms with Gasteiger partial charge >= 0.3 is 5.97 Å². The predicted molar refractivity (Wildman–Crippen MR) is 84.5 cm³/mol. The number of hydrogen-bond acceptors (Lipinski definition) is 2. The van der Waals surface area contributed by atoms with E-state index in [2.05, 4.69) is 0 Å². The molecule has 116 valence electrons. The Balaban J connectivity index is 2.22. The van der Waals surface area contributed by atoms with E-state index in [-0.39, 0.29) is 12.3 Å². The molecule has 1 aromatic carbocycles. The van der Waals surface area contributed by atoms with Gasteiger partial charge in [0.1, 0.15) is 0 Å². The number of nitrogens with zero attached hydrogens (tertiary/aromatic N) is 1. The zero-order valence-electron chi connectivity index (χ0n) is 13.0.